The number of aryl methyl sites for hydroxylation is 1. The van der Waals surface area contributed by atoms with Gasteiger partial charge in [0.15, 0.2) is 0 Å². The number of nitrogens with zero attached hydrogens (tertiary/aromatic N) is 5. The molecule has 6 nitrogen and oxygen atoms in total. The van der Waals surface area contributed by atoms with Gasteiger partial charge < -0.3 is 9.80 Å². The Morgan fingerprint density at radius 3 is 2.48 bits per heavy atom. The number of hydrogen-bond donors (Lipinski definition) is 0. The van der Waals surface area contributed by atoms with Gasteiger partial charge in [-0.3, -0.25) is 9.78 Å². The molecule has 0 aliphatic carbocycles. The highest BCUT2D eigenvalue weighted by molar-refractivity contribution is 7.11. The van der Waals surface area contributed by atoms with Gasteiger partial charge in [0.05, 0.1) is 16.9 Å². The number of aromatic nitrogens is 3. The van der Waals surface area contributed by atoms with Crippen molar-refractivity contribution in [2.45, 2.75) is 26.7 Å². The van der Waals surface area contributed by atoms with E-state index in [-0.39, 0.29) is 11.8 Å². The van der Waals surface area contributed by atoms with E-state index in [0.717, 1.165) is 35.2 Å². The average Bonchev–Trinajstić information content (AvgIpc) is 3.05. The van der Waals surface area contributed by atoms with E-state index in [0.29, 0.717) is 13.1 Å². The molecule has 2 aromatic heterocycles. The van der Waals surface area contributed by atoms with Crippen LogP contribution in [0.2, 0.25) is 0 Å². The minimum Gasteiger partial charge on any atom is -0.352 e. The smallest absolute Gasteiger partial charge is 0.265 e. The average molecular weight is 331 g/mol. The van der Waals surface area contributed by atoms with E-state index in [4.69, 9.17) is 0 Å². The highest BCUT2D eigenvalue weighted by atomic mass is 32.1. The van der Waals surface area contributed by atoms with Gasteiger partial charge in [-0.1, -0.05) is 13.8 Å². The summed E-state index contributed by atoms with van der Waals surface area (Å²) in [4.78, 5) is 30.7. The Morgan fingerprint density at radius 2 is 1.83 bits per heavy atom. The molecule has 0 N–H and O–H groups in total. The van der Waals surface area contributed by atoms with Crippen LogP contribution in [-0.2, 0) is 0 Å². The lowest BCUT2D eigenvalue weighted by Crippen LogP contribution is -2.49. The molecule has 0 saturated carbocycles. The quantitative estimate of drug-likeness (QED) is 0.864. The van der Waals surface area contributed by atoms with Crippen molar-refractivity contribution >= 4 is 23.1 Å². The third-order valence-electron chi connectivity index (χ3n) is 4.06. The summed E-state index contributed by atoms with van der Waals surface area (Å²) in [7, 11) is 0. The maximum atomic E-state index is 12.7. The van der Waals surface area contributed by atoms with Gasteiger partial charge >= 0.3 is 0 Å². The molecule has 3 heterocycles. The second kappa shape index (κ2) is 6.62. The van der Waals surface area contributed by atoms with Crippen LogP contribution in [0.3, 0.4) is 0 Å². The molecule has 0 aromatic carbocycles. The standard InChI is InChI=1S/C16H21N5OS/c1-11(2)13-14(23-10-19-13)16(22)21-8-6-20(7-9-21)15-12(3)17-4-5-18-15/h4-5,10-11H,6-9H2,1-3H3. The molecule has 0 spiro atoms. The van der Waals surface area contributed by atoms with Gasteiger partial charge in [0.1, 0.15) is 10.7 Å². The lowest BCUT2D eigenvalue weighted by molar-refractivity contribution is 0.0749. The van der Waals surface area contributed by atoms with Gasteiger partial charge in [0.25, 0.3) is 5.91 Å². The molecule has 23 heavy (non-hydrogen) atoms. The van der Waals surface area contributed by atoms with Gasteiger partial charge in [-0.15, -0.1) is 11.3 Å². The van der Waals surface area contributed by atoms with Gasteiger partial charge in [-0.25, -0.2) is 9.97 Å². The Kier molecular flexibility index (Phi) is 4.56. The van der Waals surface area contributed by atoms with Crippen molar-refractivity contribution in [3.8, 4) is 0 Å². The number of carbonyl (C=O) groups excluding carboxylic acids is 1. The summed E-state index contributed by atoms with van der Waals surface area (Å²) in [5.74, 6) is 1.29. The minimum atomic E-state index is 0.103. The van der Waals surface area contributed by atoms with Crippen LogP contribution in [0.1, 0.15) is 40.8 Å². The molecule has 7 heteroatoms. The first kappa shape index (κ1) is 15.9. The summed E-state index contributed by atoms with van der Waals surface area (Å²) in [5, 5.41) is 0. The van der Waals surface area contributed by atoms with E-state index in [1.54, 1.807) is 17.9 Å². The van der Waals surface area contributed by atoms with Crippen molar-refractivity contribution in [3.05, 3.63) is 34.2 Å². The summed E-state index contributed by atoms with van der Waals surface area (Å²) in [6.07, 6.45) is 3.42. The lowest BCUT2D eigenvalue weighted by Gasteiger charge is -2.35. The molecule has 1 saturated heterocycles. The van der Waals surface area contributed by atoms with Crippen molar-refractivity contribution in [1.29, 1.82) is 0 Å². The van der Waals surface area contributed by atoms with Crippen LogP contribution in [0.15, 0.2) is 17.9 Å². The van der Waals surface area contributed by atoms with Crippen molar-refractivity contribution in [2.75, 3.05) is 31.1 Å². The fraction of sp³-hybridized carbons (Fsp3) is 0.500. The molecule has 0 atom stereocenters. The second-order valence-electron chi connectivity index (χ2n) is 5.97. The van der Waals surface area contributed by atoms with Crippen LogP contribution in [0.5, 0.6) is 0 Å². The molecule has 2 aromatic rings. The Morgan fingerprint density at radius 1 is 1.13 bits per heavy atom. The summed E-state index contributed by atoms with van der Waals surface area (Å²) < 4.78 is 0. The Hall–Kier alpha value is -2.02. The summed E-state index contributed by atoms with van der Waals surface area (Å²) in [5.41, 5.74) is 3.60. The van der Waals surface area contributed by atoms with Crippen LogP contribution in [0.25, 0.3) is 0 Å². The maximum Gasteiger partial charge on any atom is 0.265 e. The Labute approximate surface area is 140 Å². The minimum absolute atomic E-state index is 0.103. The van der Waals surface area contributed by atoms with E-state index < -0.39 is 0 Å². The highest BCUT2D eigenvalue weighted by Crippen LogP contribution is 2.24. The van der Waals surface area contributed by atoms with E-state index in [9.17, 15) is 4.79 Å². The SMILES string of the molecule is Cc1nccnc1N1CCN(C(=O)c2scnc2C(C)C)CC1. The largest absolute Gasteiger partial charge is 0.352 e. The normalized spacial score (nSPS) is 15.3. The highest BCUT2D eigenvalue weighted by Gasteiger charge is 2.27. The zero-order valence-corrected chi connectivity index (χ0v) is 14.5. The third-order valence-corrected chi connectivity index (χ3v) is 4.89. The first-order valence-electron chi connectivity index (χ1n) is 7.83. The fourth-order valence-electron chi connectivity index (χ4n) is 2.80. The van der Waals surface area contributed by atoms with Crippen LogP contribution in [0.4, 0.5) is 5.82 Å². The predicted molar refractivity (Wildman–Crippen MR) is 91.1 cm³/mol. The van der Waals surface area contributed by atoms with Crippen molar-refractivity contribution < 1.29 is 4.79 Å². The van der Waals surface area contributed by atoms with E-state index >= 15 is 0 Å². The molecule has 1 aliphatic heterocycles. The molecule has 3 rings (SSSR count). The number of piperazine rings is 1. The van der Waals surface area contributed by atoms with Gasteiger partial charge in [0, 0.05) is 38.6 Å². The number of rotatable bonds is 3. The first-order chi connectivity index (χ1) is 11.1. The van der Waals surface area contributed by atoms with Crippen molar-refractivity contribution in [2.24, 2.45) is 0 Å². The molecule has 1 aliphatic rings. The van der Waals surface area contributed by atoms with Crippen molar-refractivity contribution in [3.63, 3.8) is 0 Å². The molecule has 1 amide bonds. The molecule has 0 unspecified atom stereocenters. The van der Waals surface area contributed by atoms with Gasteiger partial charge in [0.2, 0.25) is 0 Å². The maximum absolute atomic E-state index is 12.7. The van der Waals surface area contributed by atoms with Gasteiger partial charge in [-0.2, -0.15) is 0 Å². The molecule has 0 radical (unpaired) electrons. The number of anilines is 1. The van der Waals surface area contributed by atoms with Crippen LogP contribution < -0.4 is 4.90 Å². The third kappa shape index (κ3) is 3.19. The number of thiazole rings is 1. The molecular weight excluding hydrogens is 310 g/mol. The van der Waals surface area contributed by atoms with E-state index in [1.165, 1.54) is 11.3 Å². The topological polar surface area (TPSA) is 62.2 Å². The van der Waals surface area contributed by atoms with Crippen LogP contribution in [0, 0.1) is 6.92 Å². The molecule has 122 valence electrons. The lowest BCUT2D eigenvalue weighted by atomic mass is 10.1. The summed E-state index contributed by atoms with van der Waals surface area (Å²) in [6.45, 7) is 9.06. The predicted octanol–water partition coefficient (Wildman–Crippen LogP) is 2.33. The number of carbonyl (C=O) groups is 1. The second-order valence-corrected chi connectivity index (χ2v) is 6.82. The monoisotopic (exact) mass is 331 g/mol. The first-order valence-corrected chi connectivity index (χ1v) is 8.71. The molecule has 1 fully saturated rings. The Bertz CT molecular complexity index is 691. The van der Waals surface area contributed by atoms with Crippen LogP contribution >= 0.6 is 11.3 Å². The Balaban J connectivity index is 1.68. The van der Waals surface area contributed by atoms with E-state index in [2.05, 4.69) is 33.7 Å². The van der Waals surface area contributed by atoms with Gasteiger partial charge in [-0.05, 0) is 12.8 Å². The number of hydrogen-bond acceptors (Lipinski definition) is 6. The fourth-order valence-corrected chi connectivity index (χ4v) is 3.71. The van der Waals surface area contributed by atoms with Crippen molar-refractivity contribution in [1.82, 2.24) is 19.9 Å². The van der Waals surface area contributed by atoms with E-state index in [1.807, 2.05) is 11.8 Å². The summed E-state index contributed by atoms with van der Waals surface area (Å²) in [6, 6.07) is 0. The zero-order valence-electron chi connectivity index (χ0n) is 13.7. The molecular formula is C16H21N5OS. The molecule has 0 bridgehead atoms. The number of amides is 1. The summed E-state index contributed by atoms with van der Waals surface area (Å²) >= 11 is 1.44. The van der Waals surface area contributed by atoms with Crippen LogP contribution in [-0.4, -0.2) is 51.9 Å². The zero-order chi connectivity index (χ0) is 16.4.